The molecular formula is C13H16N2S. The summed E-state index contributed by atoms with van der Waals surface area (Å²) in [7, 11) is 0. The first-order valence-electron chi connectivity index (χ1n) is 5.52. The zero-order valence-electron chi connectivity index (χ0n) is 9.60. The van der Waals surface area contributed by atoms with E-state index in [1.807, 2.05) is 12.3 Å². The summed E-state index contributed by atoms with van der Waals surface area (Å²) in [6.45, 7) is 4.27. The van der Waals surface area contributed by atoms with E-state index in [2.05, 4.69) is 47.7 Å². The van der Waals surface area contributed by atoms with Gasteiger partial charge in [0, 0.05) is 11.1 Å². The number of hydrogen-bond acceptors (Lipinski definition) is 3. The predicted molar refractivity (Wildman–Crippen MR) is 69.9 cm³/mol. The number of anilines is 1. The van der Waals surface area contributed by atoms with Crippen molar-refractivity contribution in [3.63, 3.8) is 0 Å². The van der Waals surface area contributed by atoms with Crippen molar-refractivity contribution in [2.24, 2.45) is 0 Å². The highest BCUT2D eigenvalue weighted by Gasteiger charge is 2.10. The highest BCUT2D eigenvalue weighted by molar-refractivity contribution is 7.10. The SMILES string of the molecule is CCC(Nc1cc(C)ccn1)c1cccs1. The Morgan fingerprint density at radius 3 is 2.94 bits per heavy atom. The zero-order chi connectivity index (χ0) is 11.4. The van der Waals surface area contributed by atoms with Crippen LogP contribution >= 0.6 is 11.3 Å². The number of thiophene rings is 1. The monoisotopic (exact) mass is 232 g/mol. The van der Waals surface area contributed by atoms with E-state index in [4.69, 9.17) is 0 Å². The van der Waals surface area contributed by atoms with Crippen LogP contribution in [0, 0.1) is 6.92 Å². The van der Waals surface area contributed by atoms with Gasteiger partial charge in [0.25, 0.3) is 0 Å². The lowest BCUT2D eigenvalue weighted by atomic mass is 10.2. The summed E-state index contributed by atoms with van der Waals surface area (Å²) < 4.78 is 0. The number of pyridine rings is 1. The molecule has 0 fully saturated rings. The molecule has 2 rings (SSSR count). The third-order valence-electron chi connectivity index (χ3n) is 2.53. The largest absolute Gasteiger partial charge is 0.362 e. The van der Waals surface area contributed by atoms with Gasteiger partial charge in [-0.1, -0.05) is 13.0 Å². The second-order valence-corrected chi connectivity index (χ2v) is 4.82. The van der Waals surface area contributed by atoms with Crippen LogP contribution in [-0.4, -0.2) is 4.98 Å². The van der Waals surface area contributed by atoms with Crippen LogP contribution in [0.25, 0.3) is 0 Å². The van der Waals surface area contributed by atoms with Crippen molar-refractivity contribution in [3.8, 4) is 0 Å². The first-order chi connectivity index (χ1) is 7.79. The quantitative estimate of drug-likeness (QED) is 0.861. The maximum absolute atomic E-state index is 4.33. The lowest BCUT2D eigenvalue weighted by Crippen LogP contribution is -2.09. The Labute approximate surface area is 100 Å². The summed E-state index contributed by atoms with van der Waals surface area (Å²) in [4.78, 5) is 5.70. The van der Waals surface area contributed by atoms with Gasteiger partial charge in [0.2, 0.25) is 0 Å². The van der Waals surface area contributed by atoms with Crippen molar-refractivity contribution in [3.05, 3.63) is 46.3 Å². The molecule has 0 amide bonds. The van der Waals surface area contributed by atoms with E-state index in [-0.39, 0.29) is 0 Å². The Balaban J connectivity index is 2.13. The molecule has 1 unspecified atom stereocenters. The van der Waals surface area contributed by atoms with Crippen molar-refractivity contribution in [2.75, 3.05) is 5.32 Å². The van der Waals surface area contributed by atoms with Crippen LogP contribution in [-0.2, 0) is 0 Å². The van der Waals surface area contributed by atoms with Gasteiger partial charge in [-0.15, -0.1) is 11.3 Å². The number of nitrogens with zero attached hydrogens (tertiary/aromatic N) is 1. The van der Waals surface area contributed by atoms with E-state index >= 15 is 0 Å². The van der Waals surface area contributed by atoms with Crippen LogP contribution in [0.15, 0.2) is 35.8 Å². The van der Waals surface area contributed by atoms with E-state index in [9.17, 15) is 0 Å². The summed E-state index contributed by atoms with van der Waals surface area (Å²) in [5, 5.41) is 5.59. The van der Waals surface area contributed by atoms with Gasteiger partial charge < -0.3 is 5.32 Å². The van der Waals surface area contributed by atoms with Gasteiger partial charge in [0.15, 0.2) is 0 Å². The number of nitrogens with one attached hydrogen (secondary N) is 1. The smallest absolute Gasteiger partial charge is 0.126 e. The van der Waals surface area contributed by atoms with Crippen LogP contribution in [0.4, 0.5) is 5.82 Å². The molecule has 0 saturated heterocycles. The molecule has 16 heavy (non-hydrogen) atoms. The lowest BCUT2D eigenvalue weighted by Gasteiger charge is -2.16. The minimum Gasteiger partial charge on any atom is -0.362 e. The van der Waals surface area contributed by atoms with Gasteiger partial charge in [-0.25, -0.2) is 4.98 Å². The number of rotatable bonds is 4. The molecule has 1 atom stereocenters. The first kappa shape index (κ1) is 11.1. The summed E-state index contributed by atoms with van der Waals surface area (Å²) in [6.07, 6.45) is 2.91. The van der Waals surface area contributed by atoms with Crippen molar-refractivity contribution in [2.45, 2.75) is 26.3 Å². The molecule has 0 aliphatic carbocycles. The molecule has 0 radical (unpaired) electrons. The van der Waals surface area contributed by atoms with Gasteiger partial charge in [-0.2, -0.15) is 0 Å². The van der Waals surface area contributed by atoms with Crippen molar-refractivity contribution in [1.82, 2.24) is 4.98 Å². The van der Waals surface area contributed by atoms with Crippen LogP contribution in [0.2, 0.25) is 0 Å². The predicted octanol–water partition coefficient (Wildman–Crippen LogP) is 4.01. The fourth-order valence-electron chi connectivity index (χ4n) is 1.66. The van der Waals surface area contributed by atoms with E-state index in [1.54, 1.807) is 11.3 Å². The van der Waals surface area contributed by atoms with Gasteiger partial charge in [-0.3, -0.25) is 0 Å². The molecule has 0 saturated carbocycles. The Morgan fingerprint density at radius 2 is 2.31 bits per heavy atom. The normalized spacial score (nSPS) is 12.4. The molecule has 2 aromatic rings. The van der Waals surface area contributed by atoms with Crippen LogP contribution in [0.3, 0.4) is 0 Å². The van der Waals surface area contributed by atoms with Crippen molar-refractivity contribution in [1.29, 1.82) is 0 Å². The van der Waals surface area contributed by atoms with Crippen LogP contribution in [0.5, 0.6) is 0 Å². The fourth-order valence-corrected chi connectivity index (χ4v) is 2.52. The Kier molecular flexibility index (Phi) is 3.57. The second-order valence-electron chi connectivity index (χ2n) is 3.84. The average molecular weight is 232 g/mol. The number of hydrogen-bond donors (Lipinski definition) is 1. The van der Waals surface area contributed by atoms with E-state index < -0.39 is 0 Å². The third kappa shape index (κ3) is 2.61. The average Bonchev–Trinajstić information content (AvgIpc) is 2.79. The summed E-state index contributed by atoms with van der Waals surface area (Å²) in [5.74, 6) is 0.959. The van der Waals surface area contributed by atoms with Crippen LogP contribution < -0.4 is 5.32 Å². The molecule has 3 heteroatoms. The van der Waals surface area contributed by atoms with Crippen molar-refractivity contribution >= 4 is 17.2 Å². The molecule has 0 aliphatic heterocycles. The maximum atomic E-state index is 4.33. The van der Waals surface area contributed by atoms with E-state index in [0.717, 1.165) is 12.2 Å². The Bertz CT molecular complexity index is 437. The summed E-state index contributed by atoms with van der Waals surface area (Å²) in [6, 6.07) is 8.72. The molecule has 2 heterocycles. The van der Waals surface area contributed by atoms with Gasteiger partial charge in [-0.05, 0) is 42.5 Å². The van der Waals surface area contributed by atoms with Gasteiger partial charge in [0.1, 0.15) is 5.82 Å². The minimum atomic E-state index is 0.370. The highest BCUT2D eigenvalue weighted by atomic mass is 32.1. The van der Waals surface area contributed by atoms with Gasteiger partial charge in [0.05, 0.1) is 6.04 Å². The third-order valence-corrected chi connectivity index (χ3v) is 3.52. The topological polar surface area (TPSA) is 24.9 Å². The van der Waals surface area contributed by atoms with E-state index in [0.29, 0.717) is 6.04 Å². The molecule has 84 valence electrons. The summed E-state index contributed by atoms with van der Waals surface area (Å²) in [5.41, 5.74) is 1.23. The number of aryl methyl sites for hydroxylation is 1. The van der Waals surface area contributed by atoms with E-state index in [1.165, 1.54) is 10.4 Å². The molecular weight excluding hydrogens is 216 g/mol. The Hall–Kier alpha value is -1.35. The Morgan fingerprint density at radius 1 is 1.44 bits per heavy atom. The fraction of sp³-hybridized carbons (Fsp3) is 0.308. The highest BCUT2D eigenvalue weighted by Crippen LogP contribution is 2.25. The molecule has 0 aromatic carbocycles. The zero-order valence-corrected chi connectivity index (χ0v) is 10.4. The van der Waals surface area contributed by atoms with Gasteiger partial charge >= 0.3 is 0 Å². The molecule has 2 aromatic heterocycles. The van der Waals surface area contributed by atoms with Crippen LogP contribution in [0.1, 0.15) is 29.8 Å². The second kappa shape index (κ2) is 5.12. The molecule has 1 N–H and O–H groups in total. The molecule has 0 bridgehead atoms. The molecule has 2 nitrogen and oxygen atoms in total. The number of aromatic nitrogens is 1. The molecule has 0 spiro atoms. The van der Waals surface area contributed by atoms with Crippen molar-refractivity contribution < 1.29 is 0 Å². The standard InChI is InChI=1S/C13H16N2S/c1-3-11(12-5-4-8-16-12)15-13-9-10(2)6-7-14-13/h4-9,11H,3H2,1-2H3,(H,14,15). The minimum absolute atomic E-state index is 0.370. The molecule has 0 aliphatic rings. The lowest BCUT2D eigenvalue weighted by molar-refractivity contribution is 0.758. The first-order valence-corrected chi connectivity index (χ1v) is 6.40. The maximum Gasteiger partial charge on any atom is 0.126 e. The summed E-state index contributed by atoms with van der Waals surface area (Å²) >= 11 is 1.79.